The molecule has 2 N–H and O–H groups in total. The second-order valence-electron chi connectivity index (χ2n) is 3.16. The highest BCUT2D eigenvalue weighted by molar-refractivity contribution is 6.29. The van der Waals surface area contributed by atoms with E-state index >= 15 is 0 Å². The Bertz CT molecular complexity index is 530. The molecule has 0 radical (unpaired) electrons. The van der Waals surface area contributed by atoms with Crippen LogP contribution in [0.4, 0.5) is 5.69 Å². The van der Waals surface area contributed by atoms with Gasteiger partial charge in [0.05, 0.1) is 11.0 Å². The number of benzene rings is 1. The van der Waals surface area contributed by atoms with Crippen LogP contribution in [0.3, 0.4) is 0 Å². The minimum atomic E-state index is -0.661. The van der Waals surface area contributed by atoms with E-state index in [-0.39, 0.29) is 6.29 Å². The van der Waals surface area contributed by atoms with Gasteiger partial charge in [0, 0.05) is 5.69 Å². The van der Waals surface area contributed by atoms with Gasteiger partial charge in [0.1, 0.15) is 5.82 Å². The van der Waals surface area contributed by atoms with Crippen LogP contribution in [0.1, 0.15) is 5.82 Å². The number of aromatic amines is 1. The number of amides is 1. The van der Waals surface area contributed by atoms with Gasteiger partial charge >= 0.3 is 0 Å². The van der Waals surface area contributed by atoms with Crippen LogP contribution in [0.2, 0.25) is 0 Å². The van der Waals surface area contributed by atoms with E-state index in [1.54, 1.807) is 18.2 Å². The SMILES string of the molecule is Cc1nc2ccc(NC(=O)C=O)cc2[nH]1. The van der Waals surface area contributed by atoms with E-state index in [0.717, 1.165) is 16.9 Å². The number of hydrogen-bond donors (Lipinski definition) is 2. The number of aryl methyl sites for hydroxylation is 1. The zero-order valence-corrected chi connectivity index (χ0v) is 8.07. The van der Waals surface area contributed by atoms with Gasteiger partial charge < -0.3 is 10.3 Å². The molecule has 1 aromatic heterocycles. The van der Waals surface area contributed by atoms with E-state index < -0.39 is 5.91 Å². The Morgan fingerprint density at radius 1 is 1.53 bits per heavy atom. The Kier molecular flexibility index (Phi) is 2.21. The molecule has 0 aliphatic heterocycles. The van der Waals surface area contributed by atoms with Gasteiger partial charge in [-0.05, 0) is 25.1 Å². The summed E-state index contributed by atoms with van der Waals surface area (Å²) in [5.74, 6) is 0.148. The van der Waals surface area contributed by atoms with Crippen LogP contribution in [0.5, 0.6) is 0 Å². The number of carbonyl (C=O) groups excluding carboxylic acids is 2. The van der Waals surface area contributed by atoms with Crippen molar-refractivity contribution in [3.8, 4) is 0 Å². The summed E-state index contributed by atoms with van der Waals surface area (Å²) < 4.78 is 0. The summed E-state index contributed by atoms with van der Waals surface area (Å²) in [5, 5.41) is 2.44. The second-order valence-corrected chi connectivity index (χ2v) is 3.16. The van der Waals surface area contributed by atoms with Gasteiger partial charge in [-0.3, -0.25) is 9.59 Å². The first-order valence-electron chi connectivity index (χ1n) is 4.41. The summed E-state index contributed by atoms with van der Waals surface area (Å²) >= 11 is 0. The number of fused-ring (bicyclic) bond motifs is 1. The van der Waals surface area contributed by atoms with E-state index in [0.29, 0.717) is 5.69 Å². The molecular formula is C10H9N3O2. The van der Waals surface area contributed by atoms with Crippen molar-refractivity contribution < 1.29 is 9.59 Å². The fourth-order valence-corrected chi connectivity index (χ4v) is 1.39. The number of H-pyrrole nitrogens is 1. The third-order valence-electron chi connectivity index (χ3n) is 1.97. The zero-order valence-electron chi connectivity index (χ0n) is 8.07. The van der Waals surface area contributed by atoms with Crippen molar-refractivity contribution in [2.24, 2.45) is 0 Å². The quantitative estimate of drug-likeness (QED) is 0.565. The molecule has 0 saturated carbocycles. The standard InChI is InChI=1S/C10H9N3O2/c1-6-11-8-3-2-7(4-9(8)12-6)13-10(15)5-14/h2-5H,1H3,(H,11,12)(H,13,15). The van der Waals surface area contributed by atoms with E-state index in [2.05, 4.69) is 15.3 Å². The smallest absolute Gasteiger partial charge is 0.288 e. The monoisotopic (exact) mass is 203 g/mol. The first-order chi connectivity index (χ1) is 7.19. The molecule has 2 rings (SSSR count). The van der Waals surface area contributed by atoms with Gasteiger partial charge in [-0.2, -0.15) is 0 Å². The predicted molar refractivity (Wildman–Crippen MR) is 55.5 cm³/mol. The number of carbonyl (C=O) groups is 2. The lowest BCUT2D eigenvalue weighted by molar-refractivity contribution is -0.127. The number of anilines is 1. The number of nitrogens with one attached hydrogen (secondary N) is 2. The highest BCUT2D eigenvalue weighted by Crippen LogP contribution is 2.16. The summed E-state index contributed by atoms with van der Waals surface area (Å²) in [4.78, 5) is 28.2. The Balaban J connectivity index is 2.37. The largest absolute Gasteiger partial charge is 0.342 e. The summed E-state index contributed by atoms with van der Waals surface area (Å²) in [6, 6.07) is 5.21. The van der Waals surface area contributed by atoms with E-state index in [9.17, 15) is 9.59 Å². The van der Waals surface area contributed by atoms with Crippen molar-refractivity contribution in [3.05, 3.63) is 24.0 Å². The topological polar surface area (TPSA) is 74.8 Å². The molecule has 2 aromatic rings. The average molecular weight is 203 g/mol. The third kappa shape index (κ3) is 1.85. The van der Waals surface area contributed by atoms with Crippen LogP contribution < -0.4 is 5.32 Å². The van der Waals surface area contributed by atoms with Crippen LogP contribution >= 0.6 is 0 Å². The first-order valence-corrected chi connectivity index (χ1v) is 4.41. The van der Waals surface area contributed by atoms with E-state index in [1.165, 1.54) is 0 Å². The number of imidazole rings is 1. The third-order valence-corrected chi connectivity index (χ3v) is 1.97. The average Bonchev–Trinajstić information content (AvgIpc) is 2.57. The fourth-order valence-electron chi connectivity index (χ4n) is 1.39. The van der Waals surface area contributed by atoms with Gasteiger partial charge in [-0.1, -0.05) is 0 Å². The van der Waals surface area contributed by atoms with Crippen molar-refractivity contribution in [2.75, 3.05) is 5.32 Å². The summed E-state index contributed by atoms with van der Waals surface area (Å²) in [7, 11) is 0. The molecule has 5 nitrogen and oxygen atoms in total. The lowest BCUT2D eigenvalue weighted by Gasteiger charge is -1.99. The molecular weight excluding hydrogens is 194 g/mol. The molecule has 0 saturated heterocycles. The molecule has 0 fully saturated rings. The highest BCUT2D eigenvalue weighted by Gasteiger charge is 2.03. The van der Waals surface area contributed by atoms with Gasteiger partial charge in [0.2, 0.25) is 6.29 Å². The molecule has 76 valence electrons. The number of aromatic nitrogens is 2. The molecule has 0 spiro atoms. The molecule has 0 aliphatic carbocycles. The lowest BCUT2D eigenvalue weighted by Crippen LogP contribution is -2.11. The van der Waals surface area contributed by atoms with Crippen molar-refractivity contribution in [1.82, 2.24) is 9.97 Å². The van der Waals surface area contributed by atoms with E-state index in [4.69, 9.17) is 0 Å². The number of rotatable bonds is 2. The fraction of sp³-hybridized carbons (Fsp3) is 0.100. The van der Waals surface area contributed by atoms with Crippen LogP contribution in [-0.2, 0) is 9.59 Å². The lowest BCUT2D eigenvalue weighted by atomic mass is 10.3. The Hall–Kier alpha value is -2.17. The molecule has 0 unspecified atom stereocenters. The van der Waals surface area contributed by atoms with Crippen LogP contribution in [0.15, 0.2) is 18.2 Å². The molecule has 0 atom stereocenters. The molecule has 1 amide bonds. The second kappa shape index (κ2) is 3.53. The number of aldehydes is 1. The maximum atomic E-state index is 10.8. The van der Waals surface area contributed by atoms with Crippen LogP contribution in [0.25, 0.3) is 11.0 Å². The van der Waals surface area contributed by atoms with Crippen LogP contribution in [-0.4, -0.2) is 22.2 Å². The van der Waals surface area contributed by atoms with Crippen molar-refractivity contribution in [3.63, 3.8) is 0 Å². The molecule has 1 aromatic carbocycles. The maximum absolute atomic E-state index is 10.8. The number of hydrogen-bond acceptors (Lipinski definition) is 3. The molecule has 1 heterocycles. The van der Waals surface area contributed by atoms with Crippen LogP contribution in [0, 0.1) is 6.92 Å². The van der Waals surface area contributed by atoms with E-state index in [1.807, 2.05) is 6.92 Å². The van der Waals surface area contributed by atoms with Crippen molar-refractivity contribution in [2.45, 2.75) is 6.92 Å². The summed E-state index contributed by atoms with van der Waals surface area (Å²) in [5.41, 5.74) is 2.23. The minimum Gasteiger partial charge on any atom is -0.342 e. The van der Waals surface area contributed by atoms with Gasteiger partial charge in [-0.25, -0.2) is 4.98 Å². The Labute approximate surface area is 85.5 Å². The Morgan fingerprint density at radius 2 is 2.33 bits per heavy atom. The van der Waals surface area contributed by atoms with Gasteiger partial charge in [0.15, 0.2) is 0 Å². The predicted octanol–water partition coefficient (Wildman–Crippen LogP) is 1.01. The molecule has 5 heteroatoms. The normalized spacial score (nSPS) is 10.2. The number of nitrogens with zero attached hydrogens (tertiary/aromatic N) is 1. The van der Waals surface area contributed by atoms with Gasteiger partial charge in [0.25, 0.3) is 5.91 Å². The summed E-state index contributed by atoms with van der Waals surface area (Å²) in [6.45, 7) is 1.85. The zero-order chi connectivity index (χ0) is 10.8. The maximum Gasteiger partial charge on any atom is 0.288 e. The van der Waals surface area contributed by atoms with Gasteiger partial charge in [-0.15, -0.1) is 0 Å². The summed E-state index contributed by atoms with van der Waals surface area (Å²) in [6.07, 6.45) is 0.238. The highest BCUT2D eigenvalue weighted by atomic mass is 16.2. The molecule has 0 aliphatic rings. The molecule has 0 bridgehead atoms. The van der Waals surface area contributed by atoms with Crippen molar-refractivity contribution in [1.29, 1.82) is 0 Å². The van der Waals surface area contributed by atoms with Crippen molar-refractivity contribution >= 4 is 28.9 Å². The Morgan fingerprint density at radius 3 is 3.07 bits per heavy atom. The minimum absolute atomic E-state index is 0.238. The molecule has 15 heavy (non-hydrogen) atoms. The first kappa shape index (κ1) is 9.39.